The molecule has 2 fully saturated rings. The highest BCUT2D eigenvalue weighted by molar-refractivity contribution is 5.95. The minimum Gasteiger partial charge on any atom is -0.378 e. The molecule has 0 bridgehead atoms. The van der Waals surface area contributed by atoms with Crippen LogP contribution in [0.4, 0.5) is 24.7 Å². The Morgan fingerprint density at radius 3 is 2.85 bits per heavy atom. The standard InChI is InChI=1S/C24H26F3N5O/c1-15-19-6-5-17(32-8-7-31-9-10-33-14-18(31)13-32)11-21(19)24(30-29-15)28-12-16-3-2-4-20(22(16)25)23(26)27/h2-6,11,18,23H,7-10,12-14H2,1H3,(H,28,30). The van der Waals surface area contributed by atoms with Crippen LogP contribution in [0.2, 0.25) is 0 Å². The Balaban J connectivity index is 1.41. The second-order valence-electron chi connectivity index (χ2n) is 8.55. The number of aromatic nitrogens is 2. The minimum absolute atomic E-state index is 0.0293. The van der Waals surface area contributed by atoms with Gasteiger partial charge in [-0.3, -0.25) is 4.90 Å². The summed E-state index contributed by atoms with van der Waals surface area (Å²) in [6.07, 6.45) is -2.86. The van der Waals surface area contributed by atoms with Crippen molar-refractivity contribution in [2.45, 2.75) is 25.9 Å². The van der Waals surface area contributed by atoms with Crippen molar-refractivity contribution >= 4 is 22.3 Å². The fourth-order valence-electron chi connectivity index (χ4n) is 4.67. The van der Waals surface area contributed by atoms with Gasteiger partial charge < -0.3 is 15.0 Å². The second kappa shape index (κ2) is 9.15. The van der Waals surface area contributed by atoms with Crippen LogP contribution in [-0.4, -0.2) is 60.5 Å². The highest BCUT2D eigenvalue weighted by Gasteiger charge is 2.29. The van der Waals surface area contributed by atoms with E-state index in [1.807, 2.05) is 13.0 Å². The Morgan fingerprint density at radius 2 is 2.00 bits per heavy atom. The summed E-state index contributed by atoms with van der Waals surface area (Å²) in [5.41, 5.74) is 1.43. The van der Waals surface area contributed by atoms with Gasteiger partial charge in [0.15, 0.2) is 5.82 Å². The van der Waals surface area contributed by atoms with E-state index in [-0.39, 0.29) is 12.1 Å². The second-order valence-corrected chi connectivity index (χ2v) is 8.55. The maximum Gasteiger partial charge on any atom is 0.266 e. The number of hydrogen-bond acceptors (Lipinski definition) is 6. The van der Waals surface area contributed by atoms with Gasteiger partial charge in [0.05, 0.1) is 30.5 Å². The van der Waals surface area contributed by atoms with Crippen molar-refractivity contribution in [2.24, 2.45) is 0 Å². The molecule has 0 amide bonds. The summed E-state index contributed by atoms with van der Waals surface area (Å²) in [5.74, 6) is -0.392. The molecule has 3 aromatic rings. The maximum atomic E-state index is 14.5. The van der Waals surface area contributed by atoms with Crippen LogP contribution in [0.15, 0.2) is 36.4 Å². The number of benzene rings is 2. The molecule has 6 nitrogen and oxygen atoms in total. The third-order valence-electron chi connectivity index (χ3n) is 6.54. The molecule has 1 atom stereocenters. The molecule has 0 radical (unpaired) electrons. The summed E-state index contributed by atoms with van der Waals surface area (Å²) in [4.78, 5) is 4.83. The van der Waals surface area contributed by atoms with E-state index >= 15 is 0 Å². The van der Waals surface area contributed by atoms with Crippen LogP contribution >= 0.6 is 0 Å². The normalized spacial score (nSPS) is 19.2. The molecule has 1 aromatic heterocycles. The molecule has 0 spiro atoms. The van der Waals surface area contributed by atoms with Crippen molar-refractivity contribution in [1.29, 1.82) is 0 Å². The summed E-state index contributed by atoms with van der Waals surface area (Å²) in [5, 5.41) is 13.4. The Kier molecular flexibility index (Phi) is 6.07. The van der Waals surface area contributed by atoms with Crippen molar-refractivity contribution in [3.8, 4) is 0 Å². The number of ether oxygens (including phenoxy) is 1. The van der Waals surface area contributed by atoms with Gasteiger partial charge in [-0.1, -0.05) is 24.3 Å². The number of aryl methyl sites for hydroxylation is 1. The number of halogens is 3. The molecule has 1 N–H and O–H groups in total. The third-order valence-corrected chi connectivity index (χ3v) is 6.54. The maximum absolute atomic E-state index is 14.5. The highest BCUT2D eigenvalue weighted by atomic mass is 19.3. The van der Waals surface area contributed by atoms with Crippen LogP contribution in [0.25, 0.3) is 10.8 Å². The van der Waals surface area contributed by atoms with Crippen LogP contribution in [0.3, 0.4) is 0 Å². The molecular formula is C24H26F3N5O. The van der Waals surface area contributed by atoms with Gasteiger partial charge in [-0.2, -0.15) is 5.10 Å². The van der Waals surface area contributed by atoms with E-state index in [4.69, 9.17) is 4.74 Å². The van der Waals surface area contributed by atoms with E-state index in [9.17, 15) is 13.2 Å². The minimum atomic E-state index is -2.86. The number of nitrogens with one attached hydrogen (secondary N) is 1. The zero-order valence-electron chi connectivity index (χ0n) is 18.4. The number of morpholine rings is 1. The van der Waals surface area contributed by atoms with Crippen molar-refractivity contribution in [2.75, 3.05) is 49.6 Å². The first kappa shape index (κ1) is 21.9. The van der Waals surface area contributed by atoms with Crippen LogP contribution in [-0.2, 0) is 11.3 Å². The van der Waals surface area contributed by atoms with Gasteiger partial charge >= 0.3 is 0 Å². The average Bonchev–Trinajstić information content (AvgIpc) is 2.83. The average molecular weight is 458 g/mol. The van der Waals surface area contributed by atoms with Gasteiger partial charge in [0.25, 0.3) is 6.43 Å². The van der Waals surface area contributed by atoms with E-state index in [2.05, 4.69) is 37.4 Å². The lowest BCUT2D eigenvalue weighted by atomic mass is 10.1. The summed E-state index contributed by atoms with van der Waals surface area (Å²) in [6.45, 7) is 7.23. The zero-order valence-corrected chi connectivity index (χ0v) is 18.4. The lowest BCUT2D eigenvalue weighted by molar-refractivity contribution is -0.0116. The lowest BCUT2D eigenvalue weighted by Gasteiger charge is -2.44. The van der Waals surface area contributed by atoms with Crippen LogP contribution in [0.5, 0.6) is 0 Å². The van der Waals surface area contributed by atoms with E-state index in [1.165, 1.54) is 12.1 Å². The highest BCUT2D eigenvalue weighted by Crippen LogP contribution is 2.30. The van der Waals surface area contributed by atoms with Crippen molar-refractivity contribution in [3.05, 3.63) is 59.0 Å². The first-order valence-corrected chi connectivity index (χ1v) is 11.1. The van der Waals surface area contributed by atoms with Gasteiger partial charge in [-0.25, -0.2) is 13.2 Å². The molecule has 174 valence electrons. The number of nitrogens with zero attached hydrogens (tertiary/aromatic N) is 4. The van der Waals surface area contributed by atoms with Crippen LogP contribution < -0.4 is 10.2 Å². The first-order valence-electron chi connectivity index (χ1n) is 11.1. The Bertz CT molecular complexity index is 1160. The molecular weight excluding hydrogens is 431 g/mol. The largest absolute Gasteiger partial charge is 0.378 e. The summed E-state index contributed by atoms with van der Waals surface area (Å²) < 4.78 is 46.2. The van der Waals surface area contributed by atoms with Gasteiger partial charge in [-0.05, 0) is 19.1 Å². The van der Waals surface area contributed by atoms with E-state index < -0.39 is 17.8 Å². The van der Waals surface area contributed by atoms with E-state index in [0.717, 1.165) is 67.6 Å². The van der Waals surface area contributed by atoms with Crippen molar-refractivity contribution in [3.63, 3.8) is 0 Å². The summed E-state index contributed by atoms with van der Waals surface area (Å²) in [7, 11) is 0. The quantitative estimate of drug-likeness (QED) is 0.621. The predicted octanol–water partition coefficient (Wildman–Crippen LogP) is 4.15. The summed E-state index contributed by atoms with van der Waals surface area (Å²) in [6, 6.07) is 10.6. The van der Waals surface area contributed by atoms with Gasteiger partial charge in [0, 0.05) is 54.7 Å². The molecule has 9 heteroatoms. The van der Waals surface area contributed by atoms with Crippen LogP contribution in [0, 0.1) is 12.7 Å². The van der Waals surface area contributed by atoms with Gasteiger partial charge in [0.2, 0.25) is 0 Å². The molecule has 2 aromatic carbocycles. The number of alkyl halides is 2. The lowest BCUT2D eigenvalue weighted by Crippen LogP contribution is -2.58. The van der Waals surface area contributed by atoms with Gasteiger partial charge in [-0.15, -0.1) is 5.10 Å². The third kappa shape index (κ3) is 4.35. The first-order chi connectivity index (χ1) is 16.0. The van der Waals surface area contributed by atoms with Crippen LogP contribution in [0.1, 0.15) is 23.2 Å². The summed E-state index contributed by atoms with van der Waals surface area (Å²) >= 11 is 0. The number of fused-ring (bicyclic) bond motifs is 2. The Morgan fingerprint density at radius 1 is 1.12 bits per heavy atom. The molecule has 33 heavy (non-hydrogen) atoms. The molecule has 0 saturated carbocycles. The molecule has 2 aliphatic heterocycles. The molecule has 0 aliphatic carbocycles. The number of piperazine rings is 1. The molecule has 2 aliphatic rings. The SMILES string of the molecule is Cc1nnc(NCc2cccc(C(F)F)c2F)c2cc(N3CCN4CCOCC4C3)ccc12. The molecule has 2 saturated heterocycles. The number of hydrogen-bond donors (Lipinski definition) is 1. The fourth-order valence-corrected chi connectivity index (χ4v) is 4.67. The zero-order chi connectivity index (χ0) is 22.9. The Hall–Kier alpha value is -2.91. The Labute approximate surface area is 190 Å². The fraction of sp³-hybridized carbons (Fsp3) is 0.417. The topological polar surface area (TPSA) is 53.5 Å². The molecule has 1 unspecified atom stereocenters. The number of rotatable bonds is 5. The smallest absolute Gasteiger partial charge is 0.266 e. The van der Waals surface area contributed by atoms with Crippen molar-refractivity contribution < 1.29 is 17.9 Å². The molecule has 5 rings (SSSR count). The predicted molar refractivity (Wildman–Crippen MR) is 121 cm³/mol. The van der Waals surface area contributed by atoms with E-state index in [1.54, 1.807) is 0 Å². The number of anilines is 2. The van der Waals surface area contributed by atoms with Gasteiger partial charge in [0.1, 0.15) is 5.82 Å². The van der Waals surface area contributed by atoms with Crippen molar-refractivity contribution in [1.82, 2.24) is 15.1 Å². The monoisotopic (exact) mass is 457 g/mol. The van der Waals surface area contributed by atoms with E-state index in [0.29, 0.717) is 11.9 Å². The molecule has 3 heterocycles.